The van der Waals surface area contributed by atoms with Gasteiger partial charge >= 0.3 is 0 Å². The van der Waals surface area contributed by atoms with Gasteiger partial charge in [0, 0.05) is 6.61 Å². The standard InChI is InChI=1S/C17H24O2/c1-14(15(2)12-13-18)8-6-7-11-17(19)16-9-4-3-5-10-16/h3-7,9-10,17-19H,8,11-13H2,1-2H3. The highest BCUT2D eigenvalue weighted by Gasteiger charge is 2.03. The number of hydrogen-bond acceptors (Lipinski definition) is 2. The third kappa shape index (κ3) is 5.86. The van der Waals surface area contributed by atoms with Crippen LogP contribution in [0.3, 0.4) is 0 Å². The van der Waals surface area contributed by atoms with Gasteiger partial charge < -0.3 is 10.2 Å². The highest BCUT2D eigenvalue weighted by Crippen LogP contribution is 2.17. The Labute approximate surface area is 116 Å². The van der Waals surface area contributed by atoms with E-state index in [4.69, 9.17) is 5.11 Å². The molecule has 1 unspecified atom stereocenters. The van der Waals surface area contributed by atoms with Crippen LogP contribution in [-0.4, -0.2) is 16.8 Å². The summed E-state index contributed by atoms with van der Waals surface area (Å²) in [6, 6.07) is 9.70. The molecule has 1 atom stereocenters. The first kappa shape index (κ1) is 15.7. The number of aliphatic hydroxyl groups is 2. The predicted octanol–water partition coefficient (Wildman–Crippen LogP) is 3.78. The number of allylic oxidation sites excluding steroid dienone is 2. The molecule has 1 aromatic rings. The number of benzene rings is 1. The molecular weight excluding hydrogens is 236 g/mol. The molecule has 0 saturated heterocycles. The molecule has 0 saturated carbocycles. The van der Waals surface area contributed by atoms with Gasteiger partial charge in [0.1, 0.15) is 0 Å². The van der Waals surface area contributed by atoms with Crippen molar-refractivity contribution in [1.82, 2.24) is 0 Å². The zero-order valence-electron chi connectivity index (χ0n) is 11.8. The highest BCUT2D eigenvalue weighted by molar-refractivity contribution is 5.18. The van der Waals surface area contributed by atoms with Crippen molar-refractivity contribution in [1.29, 1.82) is 0 Å². The molecule has 0 radical (unpaired) electrons. The molecule has 2 N–H and O–H groups in total. The minimum Gasteiger partial charge on any atom is -0.396 e. The molecule has 104 valence electrons. The Morgan fingerprint density at radius 1 is 1.11 bits per heavy atom. The van der Waals surface area contributed by atoms with Crippen LogP contribution in [0.5, 0.6) is 0 Å². The van der Waals surface area contributed by atoms with E-state index in [1.54, 1.807) is 0 Å². The van der Waals surface area contributed by atoms with Gasteiger partial charge in [0.2, 0.25) is 0 Å². The highest BCUT2D eigenvalue weighted by atomic mass is 16.3. The first-order valence-corrected chi connectivity index (χ1v) is 6.79. The molecule has 0 spiro atoms. The summed E-state index contributed by atoms with van der Waals surface area (Å²) in [7, 11) is 0. The Morgan fingerprint density at radius 2 is 1.79 bits per heavy atom. The van der Waals surface area contributed by atoms with E-state index in [2.05, 4.69) is 19.9 Å². The second-order valence-corrected chi connectivity index (χ2v) is 4.87. The van der Waals surface area contributed by atoms with Crippen molar-refractivity contribution in [2.24, 2.45) is 0 Å². The van der Waals surface area contributed by atoms with Crippen molar-refractivity contribution in [2.75, 3.05) is 6.61 Å². The van der Waals surface area contributed by atoms with Crippen LogP contribution in [0.1, 0.15) is 44.8 Å². The van der Waals surface area contributed by atoms with Crippen LogP contribution in [0.2, 0.25) is 0 Å². The fraction of sp³-hybridized carbons (Fsp3) is 0.412. The third-order valence-electron chi connectivity index (χ3n) is 3.35. The molecule has 19 heavy (non-hydrogen) atoms. The van der Waals surface area contributed by atoms with Gasteiger partial charge in [-0.15, -0.1) is 0 Å². The first-order valence-electron chi connectivity index (χ1n) is 6.79. The minimum atomic E-state index is -0.430. The lowest BCUT2D eigenvalue weighted by atomic mass is 10.0. The van der Waals surface area contributed by atoms with Gasteiger partial charge in [-0.05, 0) is 38.7 Å². The maximum absolute atomic E-state index is 9.98. The van der Waals surface area contributed by atoms with E-state index < -0.39 is 6.10 Å². The molecule has 0 aliphatic heterocycles. The van der Waals surface area contributed by atoms with Gasteiger partial charge in [0.05, 0.1) is 6.10 Å². The van der Waals surface area contributed by atoms with Crippen molar-refractivity contribution in [3.63, 3.8) is 0 Å². The van der Waals surface area contributed by atoms with Gasteiger partial charge in [-0.25, -0.2) is 0 Å². The van der Waals surface area contributed by atoms with E-state index in [0.29, 0.717) is 6.42 Å². The Morgan fingerprint density at radius 3 is 2.42 bits per heavy atom. The Bertz CT molecular complexity index is 418. The van der Waals surface area contributed by atoms with Crippen molar-refractivity contribution in [2.45, 2.75) is 39.2 Å². The average molecular weight is 260 g/mol. The number of rotatable bonds is 7. The van der Waals surface area contributed by atoms with Crippen LogP contribution in [0.4, 0.5) is 0 Å². The molecule has 0 heterocycles. The fourth-order valence-electron chi connectivity index (χ4n) is 1.85. The van der Waals surface area contributed by atoms with Crippen molar-refractivity contribution in [3.05, 3.63) is 59.2 Å². The van der Waals surface area contributed by atoms with E-state index in [-0.39, 0.29) is 6.61 Å². The molecule has 0 aliphatic rings. The second-order valence-electron chi connectivity index (χ2n) is 4.87. The Hall–Kier alpha value is -1.38. The lowest BCUT2D eigenvalue weighted by Gasteiger charge is -2.08. The molecule has 2 nitrogen and oxygen atoms in total. The van der Waals surface area contributed by atoms with Gasteiger partial charge in [-0.3, -0.25) is 0 Å². The van der Waals surface area contributed by atoms with Crippen LogP contribution < -0.4 is 0 Å². The fourth-order valence-corrected chi connectivity index (χ4v) is 1.85. The van der Waals surface area contributed by atoms with Crippen LogP contribution in [-0.2, 0) is 0 Å². The summed E-state index contributed by atoms with van der Waals surface area (Å²) in [5.74, 6) is 0. The zero-order valence-corrected chi connectivity index (χ0v) is 11.8. The topological polar surface area (TPSA) is 40.5 Å². The van der Waals surface area contributed by atoms with Crippen LogP contribution in [0.15, 0.2) is 53.6 Å². The molecule has 1 rings (SSSR count). The van der Waals surface area contributed by atoms with Crippen molar-refractivity contribution >= 4 is 0 Å². The smallest absolute Gasteiger partial charge is 0.0824 e. The van der Waals surface area contributed by atoms with Crippen LogP contribution in [0.25, 0.3) is 0 Å². The van der Waals surface area contributed by atoms with Gasteiger partial charge in [-0.2, -0.15) is 0 Å². The maximum Gasteiger partial charge on any atom is 0.0824 e. The van der Waals surface area contributed by atoms with Crippen molar-refractivity contribution in [3.8, 4) is 0 Å². The van der Waals surface area contributed by atoms with Gasteiger partial charge in [0.15, 0.2) is 0 Å². The average Bonchev–Trinajstić information content (AvgIpc) is 2.44. The molecular formula is C17H24O2. The number of aliphatic hydroxyl groups excluding tert-OH is 2. The summed E-state index contributed by atoms with van der Waals surface area (Å²) in [5, 5.41) is 18.9. The molecule has 2 heteroatoms. The summed E-state index contributed by atoms with van der Waals surface area (Å²) in [4.78, 5) is 0. The lowest BCUT2D eigenvalue weighted by Crippen LogP contribution is -1.94. The number of hydrogen-bond donors (Lipinski definition) is 2. The molecule has 0 fully saturated rings. The summed E-state index contributed by atoms with van der Waals surface area (Å²) < 4.78 is 0. The molecule has 0 aromatic heterocycles. The predicted molar refractivity (Wildman–Crippen MR) is 79.9 cm³/mol. The van der Waals surface area contributed by atoms with Gasteiger partial charge in [-0.1, -0.05) is 53.6 Å². The van der Waals surface area contributed by atoms with E-state index in [9.17, 15) is 5.11 Å². The molecule has 0 aliphatic carbocycles. The summed E-state index contributed by atoms with van der Waals surface area (Å²) >= 11 is 0. The summed E-state index contributed by atoms with van der Waals surface area (Å²) in [6.45, 7) is 4.35. The Balaban J connectivity index is 2.41. The summed E-state index contributed by atoms with van der Waals surface area (Å²) in [6.07, 6.45) is 5.94. The van der Waals surface area contributed by atoms with Crippen LogP contribution >= 0.6 is 0 Å². The molecule has 0 amide bonds. The Kier molecular flexibility index (Phi) is 7.16. The van der Waals surface area contributed by atoms with E-state index >= 15 is 0 Å². The van der Waals surface area contributed by atoms with Gasteiger partial charge in [0.25, 0.3) is 0 Å². The molecule has 1 aromatic carbocycles. The van der Waals surface area contributed by atoms with E-state index in [1.165, 1.54) is 11.1 Å². The third-order valence-corrected chi connectivity index (χ3v) is 3.35. The monoisotopic (exact) mass is 260 g/mol. The van der Waals surface area contributed by atoms with E-state index in [1.807, 2.05) is 36.4 Å². The molecule has 0 bridgehead atoms. The second kappa shape index (κ2) is 8.68. The first-order chi connectivity index (χ1) is 9.15. The van der Waals surface area contributed by atoms with Crippen LogP contribution in [0, 0.1) is 0 Å². The normalized spacial score (nSPS) is 14.5. The minimum absolute atomic E-state index is 0.208. The quantitative estimate of drug-likeness (QED) is 0.733. The lowest BCUT2D eigenvalue weighted by molar-refractivity contribution is 0.181. The maximum atomic E-state index is 9.98. The van der Waals surface area contributed by atoms with Crippen molar-refractivity contribution < 1.29 is 10.2 Å². The summed E-state index contributed by atoms with van der Waals surface area (Å²) in [5.41, 5.74) is 3.49. The largest absolute Gasteiger partial charge is 0.396 e. The SMILES string of the molecule is CC(CC=CCC(O)c1ccccc1)=C(C)CCO. The van der Waals surface area contributed by atoms with E-state index in [0.717, 1.165) is 18.4 Å². The zero-order chi connectivity index (χ0) is 14.1.